The molecule has 18 atom stereocenters. The van der Waals surface area contributed by atoms with Crippen molar-refractivity contribution < 1.29 is 126 Å². The number of ether oxygens (including phenoxy) is 7. The van der Waals surface area contributed by atoms with Gasteiger partial charge in [0.15, 0.2) is 36.0 Å². The highest BCUT2D eigenvalue weighted by Gasteiger charge is 2.56. The number of aliphatic carboxylic acids is 1. The Labute approximate surface area is 737 Å². The standard InChI is InChI=1S/C88H110ClN11O26S/c1-9-10-11-12-13-14-17-45-18-23-50(24-19-45)127(118,119)93-29-16-15-28-92-39-53-43(5)66-51-32-46(20-25-57(51)102)67-81(111)99-71(84(114)97-69(85(115)116)52(66)36-58(53)103)73(106)48-22-27-60(54(89)33-48)122-62-35-49-34-61(76(62)125-86-77(75(108)74(107)63(40-101)123-86)124-65-38-88(7)78(44(6)120-65)126-87(117)100-88)121-59-26-21-47(31-42(59)4)72(105)70(98-79(109)55(91-8)30-41(2)3)83(113)94-56(37-64(90)104)80(110)95-68(49)82(112)96-67/h18-27,31-36,41,44,55-56,63,65,67-75,77-78,86,91-93,101-103,105-108H,9-17,28-30,37-40H2,1-8H3,(H2,90,104)(H,94,113)(H,95,110)(H,96,112)(H,97,114)(H,98,109)(H,99,111)(H,100,117)(H,115,116)/t44-,55+,56-,63+,65-,67+,68+,69-,70+,71-,72+,73+,74+,75-,77+,78+,86-,88-/m0/s1. The molecule has 0 unspecified atom stereocenters. The molecule has 8 amide bonds. The van der Waals surface area contributed by atoms with Crippen LogP contribution < -0.4 is 72.5 Å². The van der Waals surface area contributed by atoms with Gasteiger partial charge in [0.05, 0.1) is 40.6 Å². The summed E-state index contributed by atoms with van der Waals surface area (Å²) < 4.78 is 74.4. The zero-order valence-corrected chi connectivity index (χ0v) is 72.8. The van der Waals surface area contributed by atoms with Crippen LogP contribution in [-0.2, 0) is 80.3 Å². The molecule has 686 valence electrons. The molecule has 8 aliphatic heterocycles. The van der Waals surface area contributed by atoms with Gasteiger partial charge in [-0.25, -0.2) is 22.7 Å². The van der Waals surface area contributed by atoms with Gasteiger partial charge in [0, 0.05) is 30.6 Å². The summed E-state index contributed by atoms with van der Waals surface area (Å²) in [5.41, 5.74) is 4.36. The smallest absolute Gasteiger partial charge is 0.408 e. The van der Waals surface area contributed by atoms with Gasteiger partial charge in [-0.15, -0.1) is 0 Å². The van der Waals surface area contributed by atoms with Gasteiger partial charge in [0.25, 0.3) is 0 Å². The quantitative estimate of drug-likeness (QED) is 0.0277. The fraction of sp³-hybridized carbons (Fsp3) is 0.489. The van der Waals surface area contributed by atoms with Crippen LogP contribution in [0.15, 0.2) is 102 Å². The molecule has 0 spiro atoms. The molecule has 11 bridgehead atoms. The predicted octanol–water partition coefficient (Wildman–Crippen LogP) is 4.90. The number of sulfonamides is 1. The number of nitrogens with one attached hydrogen (secondary N) is 10. The van der Waals surface area contributed by atoms with Crippen LogP contribution in [-0.4, -0.2) is 208 Å². The van der Waals surface area contributed by atoms with E-state index < -0.39 is 225 Å². The maximum atomic E-state index is 16.5. The normalized spacial score (nSPS) is 26.3. The summed E-state index contributed by atoms with van der Waals surface area (Å²) in [6, 6.07) is 6.83. The number of aromatic hydroxyl groups is 2. The van der Waals surface area contributed by atoms with Crippen molar-refractivity contribution in [2.24, 2.45) is 11.7 Å². The topological polar surface area (TPSA) is 561 Å². The Morgan fingerprint density at radius 2 is 1.36 bits per heavy atom. The number of hydrogen-bond acceptors (Lipinski definition) is 27. The van der Waals surface area contributed by atoms with Crippen molar-refractivity contribution in [1.29, 1.82) is 0 Å². The summed E-state index contributed by atoms with van der Waals surface area (Å²) in [6.45, 7) is 11.3. The van der Waals surface area contributed by atoms with Crippen molar-refractivity contribution >= 4 is 75.0 Å². The third-order valence-electron chi connectivity index (χ3n) is 23.6. The van der Waals surface area contributed by atoms with Gasteiger partial charge in [0.1, 0.15) is 83.7 Å². The fourth-order valence-electron chi connectivity index (χ4n) is 16.7. The minimum Gasteiger partial charge on any atom is -0.508 e. The highest BCUT2D eigenvalue weighted by atomic mass is 35.5. The first-order valence-corrected chi connectivity index (χ1v) is 44.1. The third-order valence-corrected chi connectivity index (χ3v) is 25.3. The Hall–Kier alpha value is -10.9. The van der Waals surface area contributed by atoms with Crippen molar-refractivity contribution in [2.45, 2.75) is 246 Å². The number of phenols is 2. The molecular weight excluding hydrogens is 1690 g/mol. The van der Waals surface area contributed by atoms with Crippen LogP contribution in [0.4, 0.5) is 4.79 Å². The van der Waals surface area contributed by atoms with Gasteiger partial charge in [-0.05, 0) is 196 Å². The lowest BCUT2D eigenvalue weighted by Gasteiger charge is -2.46. The molecule has 0 radical (unpaired) electrons. The zero-order chi connectivity index (χ0) is 91.8. The number of unbranched alkanes of at least 4 members (excludes halogenated alkanes) is 6. The number of aryl methyl sites for hydroxylation is 2. The Bertz CT molecular complexity index is 5220. The Balaban J connectivity index is 0.979. The summed E-state index contributed by atoms with van der Waals surface area (Å²) >= 11 is 7.21. The first-order chi connectivity index (χ1) is 60.4. The van der Waals surface area contributed by atoms with Crippen molar-refractivity contribution in [3.05, 3.63) is 152 Å². The molecule has 3 fully saturated rings. The van der Waals surface area contributed by atoms with Crippen molar-refractivity contribution in [2.75, 3.05) is 26.7 Å². The van der Waals surface area contributed by atoms with Crippen molar-refractivity contribution in [3.8, 4) is 51.4 Å². The maximum Gasteiger partial charge on any atom is 0.408 e. The lowest BCUT2D eigenvalue weighted by Crippen LogP contribution is -2.63. The van der Waals surface area contributed by atoms with E-state index in [2.05, 4.69) is 59.5 Å². The number of alkyl carbamates (subject to hydrolysis) is 1. The number of carbonyl (C=O) groups excluding carboxylic acids is 8. The van der Waals surface area contributed by atoms with E-state index in [1.54, 1.807) is 26.0 Å². The van der Waals surface area contributed by atoms with E-state index >= 15 is 24.0 Å². The molecule has 0 saturated carbocycles. The maximum absolute atomic E-state index is 16.5. The van der Waals surface area contributed by atoms with E-state index in [1.165, 1.54) is 64.1 Å². The van der Waals surface area contributed by atoms with Crippen LogP contribution in [0.5, 0.6) is 40.2 Å². The molecule has 14 rings (SSSR count). The fourth-order valence-corrected chi connectivity index (χ4v) is 18.0. The van der Waals surface area contributed by atoms with Gasteiger partial charge in [-0.3, -0.25) is 33.6 Å². The van der Waals surface area contributed by atoms with E-state index in [0.29, 0.717) is 12.8 Å². The number of phenolic OH excluding ortho intramolecular Hbond substituents is 2. The largest absolute Gasteiger partial charge is 0.508 e. The van der Waals surface area contributed by atoms with Crippen LogP contribution in [0.2, 0.25) is 5.02 Å². The third kappa shape index (κ3) is 22.0. The lowest BCUT2D eigenvalue weighted by molar-refractivity contribution is -0.332. The second-order valence-electron chi connectivity index (χ2n) is 33.4. The molecule has 39 heteroatoms. The number of carboxylic acid groups (broad SMARTS) is 1. The van der Waals surface area contributed by atoms with Crippen LogP contribution >= 0.6 is 11.6 Å². The number of rotatable bonds is 29. The summed E-state index contributed by atoms with van der Waals surface area (Å²) in [6.07, 6.45) is -10.2. The van der Waals surface area contributed by atoms with E-state index in [0.717, 1.165) is 80.1 Å². The molecule has 37 nitrogen and oxygen atoms in total. The Morgan fingerprint density at radius 3 is 2.03 bits per heavy atom. The highest BCUT2D eigenvalue weighted by molar-refractivity contribution is 7.89. The first kappa shape index (κ1) is 95.3. The average Bonchev–Trinajstić information content (AvgIpc) is 1.71. The monoisotopic (exact) mass is 1800 g/mol. The zero-order valence-electron chi connectivity index (χ0n) is 71.2. The Morgan fingerprint density at radius 1 is 0.709 bits per heavy atom. The molecule has 6 aromatic carbocycles. The summed E-state index contributed by atoms with van der Waals surface area (Å²) in [4.78, 5) is 133. The summed E-state index contributed by atoms with van der Waals surface area (Å²) in [5.74, 6) is -14.0. The van der Waals surface area contributed by atoms with Crippen LogP contribution in [0.1, 0.15) is 186 Å². The Kier molecular flexibility index (Phi) is 30.8. The number of fused-ring (bicyclic) bond motifs is 16. The molecule has 3 saturated heterocycles. The number of halogens is 1. The van der Waals surface area contributed by atoms with Gasteiger partial charge >= 0.3 is 12.1 Å². The minimum atomic E-state index is -3.88. The van der Waals surface area contributed by atoms with Crippen LogP contribution in [0, 0.1) is 19.8 Å². The van der Waals surface area contributed by atoms with Gasteiger partial charge in [-0.1, -0.05) is 94.8 Å². The second kappa shape index (κ2) is 41.1. The predicted molar refractivity (Wildman–Crippen MR) is 455 cm³/mol. The summed E-state index contributed by atoms with van der Waals surface area (Å²) in [5, 5.41) is 119. The number of hydrogen-bond donors (Lipinski definition) is 19. The molecular formula is C88H110ClN11O26S. The molecule has 8 heterocycles. The van der Waals surface area contributed by atoms with Gasteiger partial charge in [-0.2, -0.15) is 0 Å². The van der Waals surface area contributed by atoms with E-state index in [-0.39, 0.29) is 105 Å². The van der Waals surface area contributed by atoms with E-state index in [4.69, 9.17) is 50.5 Å². The van der Waals surface area contributed by atoms with E-state index in [1.807, 2.05) is 26.0 Å². The first-order valence-electron chi connectivity index (χ1n) is 42.3. The molecule has 20 N–H and O–H groups in total. The number of likely N-dealkylation sites (N-methyl/N-ethyl adjacent to an activating group) is 1. The number of carbonyl (C=O) groups is 9. The van der Waals surface area contributed by atoms with Gasteiger partial charge in [0.2, 0.25) is 63.4 Å². The number of aliphatic hydroxyl groups excluding tert-OH is 5. The SMILES string of the molecule is CCCCCCCCc1ccc(S(=O)(=O)NCCCCNCc2c(O)cc3c(c2C)-c2cc(ccc2O)[C@H]2NC(=O)[C@@H]4NC(=O)[C@H](CC(N)=O)NC(=O)[C@H](NC(=O)[C@@H](CC(C)C)NC)[C@H](O)c5ccc(c(C)c5)Oc5cc4cc(c5O[C@@H]4O[C@H](CO)[C@@H](O)[C@H](O)[C@H]4O[C@H]4C[C@]5(C)NC(=O)O[C@@H]5[C@H](C)O4)Oc4ccc(cc4Cl)[C@@H](O)[C@H](NC2=O)C(=O)N[C@@H]3C(=O)O)cc1. The lowest BCUT2D eigenvalue weighted by atomic mass is 9.85. The molecule has 127 heavy (non-hydrogen) atoms. The highest BCUT2D eigenvalue weighted by Crippen LogP contribution is 2.50. The van der Waals surface area contributed by atoms with Crippen molar-refractivity contribution in [1.82, 2.24) is 52.6 Å². The average molecular weight is 1810 g/mol. The minimum absolute atomic E-state index is 0.0350. The second-order valence-corrected chi connectivity index (χ2v) is 35.6. The number of nitrogens with two attached hydrogens (primary N) is 1. The van der Waals surface area contributed by atoms with E-state index in [9.17, 15) is 68.4 Å². The number of carboxylic acids is 1. The van der Waals surface area contributed by atoms with Gasteiger partial charge < -0.3 is 128 Å². The number of primary amides is 1. The molecule has 8 aliphatic rings. The van der Waals surface area contributed by atoms with Crippen molar-refractivity contribution in [3.63, 3.8) is 0 Å². The van der Waals surface area contributed by atoms with Crippen LogP contribution in [0.3, 0.4) is 0 Å². The molecule has 0 aliphatic carbocycles. The number of amides is 8. The molecule has 0 aromatic heterocycles. The van der Waals surface area contributed by atoms with Crippen LogP contribution in [0.25, 0.3) is 11.1 Å². The number of benzene rings is 6. The summed E-state index contributed by atoms with van der Waals surface area (Å²) in [7, 11) is -2.38. The molecule has 6 aromatic rings. The number of aliphatic hydroxyl groups is 5.